The molecule has 0 saturated carbocycles. The van der Waals surface area contributed by atoms with E-state index in [1.807, 2.05) is 12.1 Å². The van der Waals surface area contributed by atoms with E-state index in [2.05, 4.69) is 10.3 Å². The number of carbonyl (C=O) groups is 2. The van der Waals surface area contributed by atoms with Crippen LogP contribution < -0.4 is 15.6 Å². The Morgan fingerprint density at radius 2 is 1.78 bits per heavy atom. The number of hydrogen-bond acceptors (Lipinski definition) is 6. The van der Waals surface area contributed by atoms with Gasteiger partial charge in [-0.3, -0.25) is 24.3 Å². The molecular weight excluding hydrogens is 366 g/mol. The summed E-state index contributed by atoms with van der Waals surface area (Å²) in [5.74, 6) is -0.0197. The molecule has 3 aromatic rings. The molecule has 134 valence electrons. The second kappa shape index (κ2) is 7.08. The summed E-state index contributed by atoms with van der Waals surface area (Å²) < 4.78 is 7.13. The van der Waals surface area contributed by atoms with Gasteiger partial charge in [-0.05, 0) is 42.1 Å². The Hall–Kier alpha value is -3.39. The molecule has 2 heterocycles. The molecule has 8 heteroatoms. The Kier molecular flexibility index (Phi) is 4.47. The van der Waals surface area contributed by atoms with Crippen LogP contribution in [0.2, 0.25) is 0 Å². The summed E-state index contributed by atoms with van der Waals surface area (Å²) >= 11 is 0.810. The molecule has 1 aliphatic rings. The van der Waals surface area contributed by atoms with Crippen LogP contribution in [0.3, 0.4) is 0 Å². The molecule has 2 aromatic carbocycles. The predicted octanol–water partition coefficient (Wildman–Crippen LogP) is 3.06. The summed E-state index contributed by atoms with van der Waals surface area (Å²) in [4.78, 5) is 40.5. The Balaban J connectivity index is 1.77. The summed E-state index contributed by atoms with van der Waals surface area (Å²) in [7, 11) is 0. The molecule has 7 nitrogen and oxygen atoms in total. The van der Waals surface area contributed by atoms with Gasteiger partial charge in [-0.25, -0.2) is 4.98 Å². The van der Waals surface area contributed by atoms with E-state index in [1.165, 1.54) is 4.57 Å². The lowest BCUT2D eigenvalue weighted by Gasteiger charge is -2.11. The van der Waals surface area contributed by atoms with Crippen molar-refractivity contribution in [2.45, 2.75) is 6.54 Å². The van der Waals surface area contributed by atoms with Crippen LogP contribution in [0.5, 0.6) is 11.6 Å². The Morgan fingerprint density at radius 3 is 2.52 bits per heavy atom. The number of para-hydroxylation sites is 3. The fraction of sp³-hybridized carbons (Fsp3) is 0.0526. The van der Waals surface area contributed by atoms with Crippen molar-refractivity contribution in [3.8, 4) is 11.6 Å². The van der Waals surface area contributed by atoms with Crippen molar-refractivity contribution in [1.82, 2.24) is 14.9 Å². The standard InChI is InChI=1S/C19H13N3O4S/c23-16-15(27-19(25)21-16)10-11-22-14-9-5-4-8-13(14)20-17(18(22)24)26-12-6-2-1-3-7-12/h1-10H,11H2,(H,21,23,25)/b15-10+. The highest BCUT2D eigenvalue weighted by molar-refractivity contribution is 8.18. The van der Waals surface area contributed by atoms with Gasteiger partial charge in [-0.15, -0.1) is 0 Å². The van der Waals surface area contributed by atoms with E-state index in [4.69, 9.17) is 4.74 Å². The first-order chi connectivity index (χ1) is 13.1. The van der Waals surface area contributed by atoms with Gasteiger partial charge in [0, 0.05) is 6.54 Å². The van der Waals surface area contributed by atoms with E-state index in [9.17, 15) is 14.4 Å². The highest BCUT2D eigenvalue weighted by atomic mass is 32.2. The van der Waals surface area contributed by atoms with Gasteiger partial charge >= 0.3 is 5.56 Å². The number of imide groups is 1. The van der Waals surface area contributed by atoms with Gasteiger partial charge in [0.15, 0.2) is 0 Å². The van der Waals surface area contributed by atoms with E-state index >= 15 is 0 Å². The van der Waals surface area contributed by atoms with E-state index in [-0.39, 0.29) is 17.3 Å². The fourth-order valence-electron chi connectivity index (χ4n) is 2.65. The van der Waals surface area contributed by atoms with Crippen LogP contribution in [0.4, 0.5) is 4.79 Å². The van der Waals surface area contributed by atoms with Crippen molar-refractivity contribution in [1.29, 1.82) is 0 Å². The van der Waals surface area contributed by atoms with Crippen molar-refractivity contribution in [3.05, 3.63) is 75.9 Å². The lowest BCUT2D eigenvalue weighted by Crippen LogP contribution is -2.23. The zero-order chi connectivity index (χ0) is 18.8. The number of thioether (sulfide) groups is 1. The zero-order valence-corrected chi connectivity index (χ0v) is 14.7. The minimum absolute atomic E-state index is 0.0575. The smallest absolute Gasteiger partial charge is 0.314 e. The maximum Gasteiger partial charge on any atom is 0.314 e. The van der Waals surface area contributed by atoms with E-state index in [0.29, 0.717) is 16.8 Å². The van der Waals surface area contributed by atoms with Crippen molar-refractivity contribution >= 4 is 33.9 Å². The maximum absolute atomic E-state index is 12.9. The molecule has 0 bridgehead atoms. The van der Waals surface area contributed by atoms with Crippen molar-refractivity contribution in [3.63, 3.8) is 0 Å². The molecule has 1 saturated heterocycles. The second-order valence-electron chi connectivity index (χ2n) is 5.65. The first kappa shape index (κ1) is 17.0. The number of carbonyl (C=O) groups excluding carboxylic acids is 2. The van der Waals surface area contributed by atoms with Crippen molar-refractivity contribution < 1.29 is 14.3 Å². The normalized spacial score (nSPS) is 15.3. The average Bonchev–Trinajstić information content (AvgIpc) is 3.00. The Bertz CT molecular complexity index is 1140. The molecule has 0 unspecified atom stereocenters. The zero-order valence-electron chi connectivity index (χ0n) is 13.9. The quantitative estimate of drug-likeness (QED) is 0.701. The van der Waals surface area contributed by atoms with Gasteiger partial charge in [0.2, 0.25) is 0 Å². The summed E-state index contributed by atoms with van der Waals surface area (Å²) in [5, 5.41) is 1.77. The molecule has 1 aromatic heterocycles. The van der Waals surface area contributed by atoms with E-state index in [1.54, 1.807) is 48.5 Å². The highest BCUT2D eigenvalue weighted by Crippen LogP contribution is 2.24. The lowest BCUT2D eigenvalue weighted by molar-refractivity contribution is -0.115. The SMILES string of the molecule is O=C1NC(=O)/C(=C\Cn2c(=O)c(Oc3ccccc3)nc3ccccc32)S1. The fourth-order valence-corrected chi connectivity index (χ4v) is 3.30. The van der Waals surface area contributed by atoms with Crippen LogP contribution >= 0.6 is 11.8 Å². The molecule has 1 fully saturated rings. The minimum Gasteiger partial charge on any atom is -0.435 e. The minimum atomic E-state index is -0.461. The monoisotopic (exact) mass is 379 g/mol. The van der Waals surface area contributed by atoms with Gasteiger partial charge in [0.05, 0.1) is 15.9 Å². The lowest BCUT2D eigenvalue weighted by atomic mass is 10.3. The molecule has 0 aliphatic carbocycles. The van der Waals surface area contributed by atoms with Gasteiger partial charge in [-0.2, -0.15) is 0 Å². The molecule has 27 heavy (non-hydrogen) atoms. The van der Waals surface area contributed by atoms with Crippen molar-refractivity contribution in [2.75, 3.05) is 0 Å². The van der Waals surface area contributed by atoms with Crippen LogP contribution in [-0.4, -0.2) is 20.7 Å². The molecule has 0 spiro atoms. The topological polar surface area (TPSA) is 90.3 Å². The van der Waals surface area contributed by atoms with Crippen LogP contribution in [0, 0.1) is 0 Å². The number of nitrogens with zero attached hydrogens (tertiary/aromatic N) is 2. The number of ether oxygens (including phenoxy) is 1. The average molecular weight is 379 g/mol. The second-order valence-corrected chi connectivity index (χ2v) is 6.66. The number of nitrogens with one attached hydrogen (secondary N) is 1. The molecule has 1 N–H and O–H groups in total. The first-order valence-corrected chi connectivity index (χ1v) is 8.89. The number of fused-ring (bicyclic) bond motifs is 1. The predicted molar refractivity (Wildman–Crippen MR) is 102 cm³/mol. The molecule has 4 rings (SSSR count). The van der Waals surface area contributed by atoms with Gasteiger partial charge in [-0.1, -0.05) is 30.3 Å². The number of amides is 2. The maximum atomic E-state index is 12.9. The molecule has 1 aliphatic heterocycles. The number of hydrogen-bond donors (Lipinski definition) is 1. The summed E-state index contributed by atoms with van der Waals surface area (Å²) in [6.45, 7) is 0.107. The number of allylic oxidation sites excluding steroid dienone is 1. The molecule has 0 atom stereocenters. The van der Waals surface area contributed by atoms with Crippen LogP contribution in [0.1, 0.15) is 0 Å². The van der Waals surface area contributed by atoms with Crippen LogP contribution in [-0.2, 0) is 11.3 Å². The van der Waals surface area contributed by atoms with E-state index < -0.39 is 16.7 Å². The number of rotatable bonds is 4. The molecule has 2 amide bonds. The summed E-state index contributed by atoms with van der Waals surface area (Å²) in [6.07, 6.45) is 1.55. The molecule has 0 radical (unpaired) electrons. The van der Waals surface area contributed by atoms with Crippen LogP contribution in [0.15, 0.2) is 70.4 Å². The van der Waals surface area contributed by atoms with Crippen LogP contribution in [0.25, 0.3) is 11.0 Å². The number of aromatic nitrogens is 2. The van der Waals surface area contributed by atoms with Gasteiger partial charge in [0.25, 0.3) is 17.0 Å². The first-order valence-electron chi connectivity index (χ1n) is 8.07. The van der Waals surface area contributed by atoms with Gasteiger partial charge < -0.3 is 4.74 Å². The third-order valence-corrected chi connectivity index (χ3v) is 4.74. The van der Waals surface area contributed by atoms with E-state index in [0.717, 1.165) is 11.8 Å². The third kappa shape index (κ3) is 3.47. The Morgan fingerprint density at radius 1 is 1.04 bits per heavy atom. The van der Waals surface area contributed by atoms with Crippen molar-refractivity contribution in [2.24, 2.45) is 0 Å². The largest absolute Gasteiger partial charge is 0.435 e. The van der Waals surface area contributed by atoms with Gasteiger partial charge in [0.1, 0.15) is 5.75 Å². The Labute approximate surface area is 157 Å². The molecular formula is C19H13N3O4S. The number of benzene rings is 2. The third-order valence-electron chi connectivity index (χ3n) is 3.88. The highest BCUT2D eigenvalue weighted by Gasteiger charge is 2.25. The summed E-state index contributed by atoms with van der Waals surface area (Å²) in [6, 6.07) is 16.0. The summed E-state index contributed by atoms with van der Waals surface area (Å²) in [5.41, 5.74) is 0.764.